The minimum Gasteiger partial charge on any atom is -0.343 e. The maximum absolute atomic E-state index is 13.6. The molecule has 1 amide bonds. The molecule has 0 bridgehead atoms. The molecule has 3 nitrogen and oxygen atoms in total. The van der Waals surface area contributed by atoms with Gasteiger partial charge < -0.3 is 5.32 Å². The molecular weight excluding hydrogens is 331 g/mol. The summed E-state index contributed by atoms with van der Waals surface area (Å²) in [6, 6.07) is 4.03. The second kappa shape index (κ2) is 5.79. The highest BCUT2D eigenvalue weighted by Crippen LogP contribution is 2.20. The van der Waals surface area contributed by atoms with Crippen LogP contribution in [0.5, 0.6) is 0 Å². The SMILES string of the molecule is Cc1csc(C(C)NC(=O)c2cc(Br)ccc2F)n1. The molecule has 1 N–H and O–H groups in total. The third-order valence-corrected chi connectivity index (χ3v) is 4.17. The van der Waals surface area contributed by atoms with Crippen LogP contribution >= 0.6 is 27.3 Å². The molecule has 1 aromatic carbocycles. The summed E-state index contributed by atoms with van der Waals surface area (Å²) < 4.78 is 14.2. The molecule has 0 aliphatic rings. The number of hydrogen-bond donors (Lipinski definition) is 1. The number of rotatable bonds is 3. The highest BCUT2D eigenvalue weighted by atomic mass is 79.9. The first-order valence-corrected chi connectivity index (χ1v) is 7.32. The molecule has 1 unspecified atom stereocenters. The lowest BCUT2D eigenvalue weighted by Crippen LogP contribution is -2.27. The summed E-state index contributed by atoms with van der Waals surface area (Å²) in [5, 5.41) is 5.46. The largest absolute Gasteiger partial charge is 0.343 e. The number of carbonyl (C=O) groups excluding carboxylic acids is 1. The van der Waals surface area contributed by atoms with Crippen LogP contribution in [-0.4, -0.2) is 10.9 Å². The fourth-order valence-electron chi connectivity index (χ4n) is 1.58. The molecule has 6 heteroatoms. The van der Waals surface area contributed by atoms with Crippen molar-refractivity contribution >= 4 is 33.2 Å². The van der Waals surface area contributed by atoms with Crippen molar-refractivity contribution < 1.29 is 9.18 Å². The predicted octanol–water partition coefficient (Wildman–Crippen LogP) is 3.84. The van der Waals surface area contributed by atoms with Gasteiger partial charge in [0.25, 0.3) is 5.91 Å². The Labute approximate surface area is 123 Å². The van der Waals surface area contributed by atoms with Crippen LogP contribution in [0.2, 0.25) is 0 Å². The van der Waals surface area contributed by atoms with Gasteiger partial charge in [0.1, 0.15) is 10.8 Å². The standard InChI is InChI=1S/C13H12BrFN2OS/c1-7-6-19-13(16-7)8(2)17-12(18)10-5-9(14)3-4-11(10)15/h3-6,8H,1-2H3,(H,17,18). The normalized spacial score (nSPS) is 12.2. The molecule has 1 atom stereocenters. The van der Waals surface area contributed by atoms with E-state index in [4.69, 9.17) is 0 Å². The molecule has 2 rings (SSSR count). The fourth-order valence-corrected chi connectivity index (χ4v) is 2.74. The van der Waals surface area contributed by atoms with E-state index in [0.29, 0.717) is 4.47 Å². The molecule has 0 aliphatic heterocycles. The molecule has 2 aromatic rings. The first-order valence-electron chi connectivity index (χ1n) is 5.65. The number of aromatic nitrogens is 1. The quantitative estimate of drug-likeness (QED) is 0.920. The number of thiazole rings is 1. The zero-order valence-electron chi connectivity index (χ0n) is 10.4. The molecule has 0 fully saturated rings. The van der Waals surface area contributed by atoms with Crippen LogP contribution in [-0.2, 0) is 0 Å². The fraction of sp³-hybridized carbons (Fsp3) is 0.231. The van der Waals surface area contributed by atoms with Crippen LogP contribution in [0.3, 0.4) is 0 Å². The molecule has 0 spiro atoms. The van der Waals surface area contributed by atoms with E-state index in [2.05, 4.69) is 26.2 Å². The third-order valence-electron chi connectivity index (χ3n) is 2.53. The van der Waals surface area contributed by atoms with E-state index >= 15 is 0 Å². The number of nitrogens with zero attached hydrogens (tertiary/aromatic N) is 1. The predicted molar refractivity (Wildman–Crippen MR) is 76.8 cm³/mol. The average molecular weight is 343 g/mol. The lowest BCUT2D eigenvalue weighted by atomic mass is 10.2. The first kappa shape index (κ1) is 14.1. The Kier molecular flexibility index (Phi) is 4.31. The second-order valence-corrected chi connectivity index (χ2v) is 5.95. The Morgan fingerprint density at radius 3 is 2.89 bits per heavy atom. The molecule has 19 heavy (non-hydrogen) atoms. The van der Waals surface area contributed by atoms with E-state index < -0.39 is 11.7 Å². The summed E-state index contributed by atoms with van der Waals surface area (Å²) in [7, 11) is 0. The highest BCUT2D eigenvalue weighted by molar-refractivity contribution is 9.10. The van der Waals surface area contributed by atoms with Crippen LogP contribution in [0.1, 0.15) is 34.0 Å². The maximum Gasteiger partial charge on any atom is 0.254 e. The molecule has 0 radical (unpaired) electrons. The van der Waals surface area contributed by atoms with Gasteiger partial charge in [0.15, 0.2) is 0 Å². The van der Waals surface area contributed by atoms with Crippen molar-refractivity contribution in [2.45, 2.75) is 19.9 Å². The van der Waals surface area contributed by atoms with Gasteiger partial charge in [-0.25, -0.2) is 9.37 Å². The van der Waals surface area contributed by atoms with Crippen molar-refractivity contribution in [2.75, 3.05) is 0 Å². The Bertz CT molecular complexity index is 614. The van der Waals surface area contributed by atoms with Gasteiger partial charge in [-0.05, 0) is 32.0 Å². The van der Waals surface area contributed by atoms with E-state index in [1.807, 2.05) is 19.2 Å². The van der Waals surface area contributed by atoms with Crippen LogP contribution < -0.4 is 5.32 Å². The van der Waals surface area contributed by atoms with Crippen molar-refractivity contribution in [1.29, 1.82) is 0 Å². The number of benzene rings is 1. The first-order chi connectivity index (χ1) is 8.97. The van der Waals surface area contributed by atoms with E-state index in [-0.39, 0.29) is 11.6 Å². The van der Waals surface area contributed by atoms with E-state index in [0.717, 1.165) is 10.7 Å². The van der Waals surface area contributed by atoms with E-state index in [9.17, 15) is 9.18 Å². The van der Waals surface area contributed by atoms with Crippen molar-refractivity contribution in [3.63, 3.8) is 0 Å². The van der Waals surface area contributed by atoms with Gasteiger partial charge in [0.2, 0.25) is 0 Å². The van der Waals surface area contributed by atoms with Gasteiger partial charge in [-0.2, -0.15) is 0 Å². The zero-order valence-corrected chi connectivity index (χ0v) is 12.8. The van der Waals surface area contributed by atoms with Gasteiger partial charge in [-0.3, -0.25) is 4.79 Å². The lowest BCUT2D eigenvalue weighted by molar-refractivity contribution is 0.0935. The second-order valence-electron chi connectivity index (χ2n) is 4.15. The molecule has 1 heterocycles. The minimum atomic E-state index is -0.539. The molecular formula is C13H12BrFN2OS. The van der Waals surface area contributed by atoms with Gasteiger partial charge in [0.05, 0.1) is 11.6 Å². The van der Waals surface area contributed by atoms with Gasteiger partial charge >= 0.3 is 0 Å². The third kappa shape index (κ3) is 3.39. The Balaban J connectivity index is 2.15. The van der Waals surface area contributed by atoms with Crippen LogP contribution in [0.4, 0.5) is 4.39 Å². The summed E-state index contributed by atoms with van der Waals surface area (Å²) in [5.41, 5.74) is 0.934. The summed E-state index contributed by atoms with van der Waals surface area (Å²) >= 11 is 4.70. The average Bonchev–Trinajstić information content (AvgIpc) is 2.79. The number of halogens is 2. The van der Waals surface area contributed by atoms with Gasteiger partial charge in [0, 0.05) is 15.5 Å². The summed E-state index contributed by atoms with van der Waals surface area (Å²) in [5.74, 6) is -0.984. The Morgan fingerprint density at radius 1 is 1.53 bits per heavy atom. The van der Waals surface area contributed by atoms with Gasteiger partial charge in [-0.15, -0.1) is 11.3 Å². The van der Waals surface area contributed by atoms with Crippen molar-refractivity contribution in [2.24, 2.45) is 0 Å². The summed E-state index contributed by atoms with van der Waals surface area (Å²) in [4.78, 5) is 16.3. The van der Waals surface area contributed by atoms with Crippen LogP contribution in [0.25, 0.3) is 0 Å². The van der Waals surface area contributed by atoms with Crippen LogP contribution in [0, 0.1) is 12.7 Å². The zero-order chi connectivity index (χ0) is 14.0. The summed E-state index contributed by atoms with van der Waals surface area (Å²) in [6.07, 6.45) is 0. The Hall–Kier alpha value is -1.27. The van der Waals surface area contributed by atoms with Crippen LogP contribution in [0.15, 0.2) is 28.1 Å². The van der Waals surface area contributed by atoms with Gasteiger partial charge in [-0.1, -0.05) is 15.9 Å². The lowest BCUT2D eigenvalue weighted by Gasteiger charge is -2.12. The smallest absolute Gasteiger partial charge is 0.254 e. The monoisotopic (exact) mass is 342 g/mol. The maximum atomic E-state index is 13.6. The highest BCUT2D eigenvalue weighted by Gasteiger charge is 2.17. The van der Waals surface area contributed by atoms with E-state index in [1.165, 1.54) is 23.5 Å². The number of aryl methyl sites for hydroxylation is 1. The number of carbonyl (C=O) groups is 1. The molecule has 0 saturated heterocycles. The van der Waals surface area contributed by atoms with E-state index in [1.54, 1.807) is 6.07 Å². The molecule has 0 saturated carbocycles. The summed E-state index contributed by atoms with van der Waals surface area (Å²) in [6.45, 7) is 3.72. The minimum absolute atomic E-state index is 0.0227. The van der Waals surface area contributed by atoms with Crippen molar-refractivity contribution in [1.82, 2.24) is 10.3 Å². The Morgan fingerprint density at radius 2 is 2.26 bits per heavy atom. The topological polar surface area (TPSA) is 42.0 Å². The number of amides is 1. The number of nitrogens with one attached hydrogen (secondary N) is 1. The molecule has 1 aromatic heterocycles. The molecule has 0 aliphatic carbocycles. The van der Waals surface area contributed by atoms with Crippen molar-refractivity contribution in [3.8, 4) is 0 Å². The molecule has 100 valence electrons. The van der Waals surface area contributed by atoms with Crippen molar-refractivity contribution in [3.05, 3.63) is 50.1 Å². The number of hydrogen-bond acceptors (Lipinski definition) is 3.